The van der Waals surface area contributed by atoms with Gasteiger partial charge in [0.25, 0.3) is 5.91 Å². The van der Waals surface area contributed by atoms with E-state index in [2.05, 4.69) is 0 Å². The summed E-state index contributed by atoms with van der Waals surface area (Å²) in [4.78, 5) is 20.7. The lowest BCUT2D eigenvalue weighted by molar-refractivity contribution is -0.129. The zero-order valence-corrected chi connectivity index (χ0v) is 8.41. The third-order valence-corrected chi connectivity index (χ3v) is 2.67. The molecule has 2 N–H and O–H groups in total. The summed E-state index contributed by atoms with van der Waals surface area (Å²) in [5.41, 5.74) is 5.52. The van der Waals surface area contributed by atoms with Crippen LogP contribution in [0.1, 0.15) is 12.5 Å². The molecule has 3 nitrogen and oxygen atoms in total. The van der Waals surface area contributed by atoms with Gasteiger partial charge in [-0.05, 0) is 12.5 Å². The van der Waals surface area contributed by atoms with Crippen LogP contribution in [0.15, 0.2) is 30.3 Å². The van der Waals surface area contributed by atoms with Crippen molar-refractivity contribution in [1.29, 1.82) is 0 Å². The van der Waals surface area contributed by atoms with Crippen LogP contribution in [0, 0.1) is 0 Å². The summed E-state index contributed by atoms with van der Waals surface area (Å²) in [6, 6.07) is 8.34. The van der Waals surface area contributed by atoms with Crippen LogP contribution in [-0.2, 0) is 14.5 Å². The lowest BCUT2D eigenvalue weighted by atomic mass is 9.94. The molecule has 0 saturated heterocycles. The molecule has 0 aliphatic rings. The number of nitrogens with two attached hydrogens (primary N) is 1. The second kappa shape index (κ2) is 3.80. The highest BCUT2D eigenvalue weighted by Gasteiger charge is 2.41. The van der Waals surface area contributed by atoms with Gasteiger partial charge in [-0.3, -0.25) is 9.59 Å². The van der Waals surface area contributed by atoms with Crippen molar-refractivity contribution >= 4 is 23.3 Å². The van der Waals surface area contributed by atoms with Crippen LogP contribution in [0.5, 0.6) is 0 Å². The Labute approximate surface area is 86.9 Å². The summed E-state index contributed by atoms with van der Waals surface area (Å²) in [7, 11) is 0. The first kappa shape index (κ1) is 10.7. The molecule has 0 bridgehead atoms. The Bertz CT molecular complexity index is 348. The fourth-order valence-corrected chi connectivity index (χ4v) is 1.31. The van der Waals surface area contributed by atoms with Crippen LogP contribution in [0.3, 0.4) is 0 Å². The molecule has 0 heterocycles. The van der Waals surface area contributed by atoms with Crippen molar-refractivity contribution in [3.8, 4) is 0 Å². The van der Waals surface area contributed by atoms with Crippen molar-refractivity contribution in [3.05, 3.63) is 35.9 Å². The molecule has 1 rings (SSSR count). The van der Waals surface area contributed by atoms with E-state index in [-0.39, 0.29) is 0 Å². The van der Waals surface area contributed by atoms with Gasteiger partial charge in [-0.2, -0.15) is 0 Å². The Morgan fingerprint density at radius 1 is 1.29 bits per heavy atom. The van der Waals surface area contributed by atoms with Crippen molar-refractivity contribution in [2.75, 3.05) is 0 Å². The second-order valence-corrected chi connectivity index (χ2v) is 3.51. The molecule has 14 heavy (non-hydrogen) atoms. The molecule has 1 unspecified atom stereocenters. The number of carbonyl (C=O) groups excluding carboxylic acids is 2. The molecule has 0 fully saturated rings. The summed E-state index contributed by atoms with van der Waals surface area (Å²) < 4.78 is 0. The number of halogens is 1. The number of amides is 1. The molecule has 1 aromatic rings. The number of ketones is 1. The van der Waals surface area contributed by atoms with E-state index in [4.69, 9.17) is 17.3 Å². The molecule has 0 radical (unpaired) electrons. The summed E-state index contributed by atoms with van der Waals surface area (Å²) >= 11 is 5.91. The van der Waals surface area contributed by atoms with Gasteiger partial charge in [-0.15, -0.1) is 0 Å². The van der Waals surface area contributed by atoms with Gasteiger partial charge < -0.3 is 5.73 Å². The lowest BCUT2D eigenvalue weighted by Crippen LogP contribution is -2.41. The monoisotopic (exact) mass is 211 g/mol. The first-order valence-electron chi connectivity index (χ1n) is 4.05. The molecule has 0 aliphatic heterocycles. The average molecular weight is 212 g/mol. The smallest absolute Gasteiger partial charge is 0.250 e. The van der Waals surface area contributed by atoms with E-state index in [0.29, 0.717) is 5.56 Å². The summed E-state index contributed by atoms with van der Waals surface area (Å²) in [6.45, 7) is 1.24. The molecule has 0 aliphatic carbocycles. The molecule has 4 heteroatoms. The van der Waals surface area contributed by atoms with Gasteiger partial charge in [0.15, 0.2) is 5.78 Å². The van der Waals surface area contributed by atoms with Gasteiger partial charge in [-0.25, -0.2) is 0 Å². The predicted octanol–water partition coefficient (Wildman–Crippen LogP) is 1.20. The van der Waals surface area contributed by atoms with Crippen LogP contribution in [-0.4, -0.2) is 11.7 Å². The fraction of sp³-hybridized carbons (Fsp3) is 0.200. The fourth-order valence-electron chi connectivity index (χ4n) is 1.19. The SMILES string of the molecule is CC(=O)C(Cl)(C(N)=O)c1ccccc1. The van der Waals surface area contributed by atoms with Gasteiger partial charge in [0.05, 0.1) is 0 Å². The lowest BCUT2D eigenvalue weighted by Gasteiger charge is -2.20. The highest BCUT2D eigenvalue weighted by atomic mass is 35.5. The van der Waals surface area contributed by atoms with Crippen molar-refractivity contribution < 1.29 is 9.59 Å². The summed E-state index contributed by atoms with van der Waals surface area (Å²) in [5, 5.41) is 0. The molecular formula is C10H10ClNO2. The van der Waals surface area contributed by atoms with Gasteiger partial charge in [0.1, 0.15) is 0 Å². The molecule has 74 valence electrons. The van der Waals surface area contributed by atoms with Crippen LogP contribution in [0.2, 0.25) is 0 Å². The molecular weight excluding hydrogens is 202 g/mol. The highest BCUT2D eigenvalue weighted by Crippen LogP contribution is 2.29. The minimum Gasteiger partial charge on any atom is -0.367 e. The van der Waals surface area contributed by atoms with Gasteiger partial charge in [0.2, 0.25) is 4.87 Å². The molecule has 0 aromatic heterocycles. The number of carbonyl (C=O) groups is 2. The predicted molar refractivity (Wildman–Crippen MR) is 53.8 cm³/mol. The van der Waals surface area contributed by atoms with Gasteiger partial charge in [0, 0.05) is 0 Å². The van der Waals surface area contributed by atoms with E-state index in [0.717, 1.165) is 0 Å². The minimum absolute atomic E-state index is 0.404. The maximum atomic E-state index is 11.3. The van der Waals surface area contributed by atoms with E-state index >= 15 is 0 Å². The average Bonchev–Trinajstić information content (AvgIpc) is 2.17. The van der Waals surface area contributed by atoms with Crippen LogP contribution in [0.25, 0.3) is 0 Å². The number of hydrogen-bond acceptors (Lipinski definition) is 2. The number of hydrogen-bond donors (Lipinski definition) is 1. The number of alkyl halides is 1. The van der Waals surface area contributed by atoms with Gasteiger partial charge in [-0.1, -0.05) is 41.9 Å². The number of rotatable bonds is 3. The van der Waals surface area contributed by atoms with Crippen molar-refractivity contribution in [2.45, 2.75) is 11.8 Å². The Kier molecular flexibility index (Phi) is 2.91. The second-order valence-electron chi connectivity index (χ2n) is 2.94. The zero-order valence-electron chi connectivity index (χ0n) is 7.66. The highest BCUT2D eigenvalue weighted by molar-refractivity contribution is 6.45. The minimum atomic E-state index is -1.73. The third-order valence-electron chi connectivity index (χ3n) is 2.00. The number of primary amides is 1. The number of benzene rings is 1. The Balaban J connectivity index is 3.27. The van der Waals surface area contributed by atoms with E-state index < -0.39 is 16.6 Å². The molecule has 1 amide bonds. The van der Waals surface area contributed by atoms with E-state index in [1.54, 1.807) is 30.3 Å². The van der Waals surface area contributed by atoms with Crippen LogP contribution < -0.4 is 5.73 Å². The van der Waals surface area contributed by atoms with E-state index in [1.807, 2.05) is 0 Å². The topological polar surface area (TPSA) is 60.2 Å². The third kappa shape index (κ3) is 1.63. The van der Waals surface area contributed by atoms with Gasteiger partial charge >= 0.3 is 0 Å². The first-order chi connectivity index (χ1) is 6.49. The molecule has 1 aromatic carbocycles. The van der Waals surface area contributed by atoms with E-state index in [1.165, 1.54) is 6.92 Å². The molecule has 0 spiro atoms. The maximum absolute atomic E-state index is 11.3. The van der Waals surface area contributed by atoms with Crippen molar-refractivity contribution in [3.63, 3.8) is 0 Å². The number of Topliss-reactive ketones (excluding diaryl/α,β-unsaturated/α-hetero) is 1. The summed E-state index contributed by atoms with van der Waals surface area (Å²) in [6.07, 6.45) is 0. The Morgan fingerprint density at radius 2 is 1.79 bits per heavy atom. The van der Waals surface area contributed by atoms with Crippen LogP contribution in [0.4, 0.5) is 0 Å². The summed E-state index contributed by atoms with van der Waals surface area (Å²) in [5.74, 6) is -1.32. The quantitative estimate of drug-likeness (QED) is 0.603. The standard InChI is InChI=1S/C10H10ClNO2/c1-7(13)10(11,9(12)14)8-5-3-2-4-6-8/h2-6H,1H3,(H2,12,14). The Hall–Kier alpha value is -1.35. The Morgan fingerprint density at radius 3 is 2.14 bits per heavy atom. The largest absolute Gasteiger partial charge is 0.367 e. The normalized spacial score (nSPS) is 14.4. The van der Waals surface area contributed by atoms with Crippen molar-refractivity contribution in [2.24, 2.45) is 5.73 Å². The maximum Gasteiger partial charge on any atom is 0.250 e. The zero-order chi connectivity index (χ0) is 10.8. The van der Waals surface area contributed by atoms with Crippen LogP contribution >= 0.6 is 11.6 Å². The first-order valence-corrected chi connectivity index (χ1v) is 4.42. The molecule has 1 atom stereocenters. The van der Waals surface area contributed by atoms with Crippen molar-refractivity contribution in [1.82, 2.24) is 0 Å². The molecule has 0 saturated carbocycles. The van der Waals surface area contributed by atoms with E-state index in [9.17, 15) is 9.59 Å².